The number of H-pyrrole nitrogens is 1. The smallest absolute Gasteiger partial charge is 0.411 e. The van der Waals surface area contributed by atoms with E-state index in [1.165, 1.54) is 34.7 Å². The third-order valence-corrected chi connectivity index (χ3v) is 10.9. The molecule has 14 nitrogen and oxygen atoms in total. The average Bonchev–Trinajstić information content (AvgIpc) is 3.84. The zero-order chi connectivity index (χ0) is 34.2. The van der Waals surface area contributed by atoms with Crippen molar-refractivity contribution < 1.29 is 23.1 Å². The van der Waals surface area contributed by atoms with Gasteiger partial charge in [0.25, 0.3) is 0 Å². The first-order chi connectivity index (χ1) is 22.9. The molecule has 0 aliphatic carbocycles. The maximum Gasteiger partial charge on any atom is 0.411 e. The molecule has 0 unspecified atom stereocenters. The summed E-state index contributed by atoms with van der Waals surface area (Å²) in [6, 6.07) is 11.6. The highest BCUT2D eigenvalue weighted by molar-refractivity contribution is 7.88. The minimum absolute atomic E-state index is 0.107. The summed E-state index contributed by atoms with van der Waals surface area (Å²) in [6.45, 7) is 1.34. The van der Waals surface area contributed by atoms with Gasteiger partial charge in [0.05, 0.1) is 18.0 Å². The number of nitrogens with zero attached hydrogens (tertiary/aromatic N) is 8. The van der Waals surface area contributed by atoms with Gasteiger partial charge in [-0.05, 0) is 77.9 Å². The van der Waals surface area contributed by atoms with E-state index in [0.717, 1.165) is 4.90 Å². The number of carbonyl (C=O) groups excluding carboxylic acids is 1. The number of anilines is 1. The van der Waals surface area contributed by atoms with Crippen LogP contribution in [0, 0.1) is 11.8 Å². The second-order valence-electron chi connectivity index (χ2n) is 12.0. The first-order valence-electron chi connectivity index (χ1n) is 15.2. The molecule has 252 valence electrons. The van der Waals surface area contributed by atoms with Gasteiger partial charge in [-0.25, -0.2) is 22.5 Å². The molecule has 4 heterocycles. The lowest BCUT2D eigenvalue weighted by atomic mass is 9.83. The Morgan fingerprint density at radius 3 is 2.46 bits per heavy atom. The summed E-state index contributed by atoms with van der Waals surface area (Å²) in [5, 5.41) is 21.4. The van der Waals surface area contributed by atoms with Gasteiger partial charge in [0, 0.05) is 54.6 Å². The number of halogens is 2. The van der Waals surface area contributed by atoms with Crippen LogP contribution < -0.4 is 4.90 Å². The van der Waals surface area contributed by atoms with Crippen LogP contribution in [0.25, 0.3) is 23.0 Å². The second kappa shape index (κ2) is 13.7. The van der Waals surface area contributed by atoms with Crippen molar-refractivity contribution in [3.05, 3.63) is 76.4 Å². The van der Waals surface area contributed by atoms with Gasteiger partial charge in [-0.1, -0.05) is 35.3 Å². The normalized spacial score (nSPS) is 19.3. The summed E-state index contributed by atoms with van der Waals surface area (Å²) in [6.07, 6.45) is 6.77. The van der Waals surface area contributed by atoms with E-state index in [-0.39, 0.29) is 17.7 Å². The number of imidazole rings is 1. The van der Waals surface area contributed by atoms with E-state index in [1.54, 1.807) is 53.4 Å². The van der Waals surface area contributed by atoms with Gasteiger partial charge < -0.3 is 15.0 Å². The molecule has 17 heteroatoms. The Morgan fingerprint density at radius 1 is 1.08 bits per heavy atom. The molecule has 0 saturated carbocycles. The van der Waals surface area contributed by atoms with Crippen molar-refractivity contribution in [1.82, 2.24) is 39.4 Å². The molecule has 2 aliphatic rings. The van der Waals surface area contributed by atoms with E-state index in [4.69, 9.17) is 28.2 Å². The van der Waals surface area contributed by atoms with Crippen LogP contribution in [0.1, 0.15) is 36.7 Å². The fourth-order valence-corrected chi connectivity index (χ4v) is 7.76. The van der Waals surface area contributed by atoms with Crippen LogP contribution in [0.15, 0.2) is 54.9 Å². The first-order valence-corrected chi connectivity index (χ1v) is 17.8. The number of aromatic amines is 1. The number of piperidine rings is 1. The van der Waals surface area contributed by atoms with Gasteiger partial charge in [-0.3, -0.25) is 9.69 Å². The SMILES string of the molecule is CN(C(=O)O)c1ccc(-c2nc([C@@H]3C[C@H](C4CCN(S(C)(=O)=O)CC4)CN3C(=O)C=Cc3cc(Cl)ccc3-n3cnnn3)[nH]c2Cl)cc1. The van der Waals surface area contributed by atoms with Crippen LogP contribution in [-0.2, 0) is 14.8 Å². The molecule has 2 amide bonds. The molecule has 2 aromatic heterocycles. The van der Waals surface area contributed by atoms with E-state index in [0.29, 0.717) is 83.1 Å². The number of carboxylic acid groups (broad SMARTS) is 1. The van der Waals surface area contributed by atoms with Crippen LogP contribution in [-0.4, -0.2) is 97.8 Å². The molecule has 2 fully saturated rings. The number of hydrogen-bond donors (Lipinski definition) is 2. The van der Waals surface area contributed by atoms with Crippen molar-refractivity contribution in [1.29, 1.82) is 0 Å². The zero-order valence-corrected chi connectivity index (χ0v) is 28.4. The monoisotopic (exact) mass is 713 g/mol. The summed E-state index contributed by atoms with van der Waals surface area (Å²) in [7, 11) is -1.82. The highest BCUT2D eigenvalue weighted by Gasteiger charge is 2.42. The van der Waals surface area contributed by atoms with E-state index in [2.05, 4.69) is 20.5 Å². The Morgan fingerprint density at radius 2 is 1.81 bits per heavy atom. The molecule has 4 aromatic rings. The number of rotatable bonds is 8. The predicted molar refractivity (Wildman–Crippen MR) is 180 cm³/mol. The number of amides is 2. The fourth-order valence-electron chi connectivity index (χ4n) is 6.46. The van der Waals surface area contributed by atoms with Crippen molar-refractivity contribution in [2.45, 2.75) is 25.3 Å². The van der Waals surface area contributed by atoms with E-state index in [1.807, 2.05) is 0 Å². The number of benzene rings is 2. The highest BCUT2D eigenvalue weighted by atomic mass is 35.5. The van der Waals surface area contributed by atoms with Gasteiger partial charge >= 0.3 is 6.09 Å². The van der Waals surface area contributed by atoms with Crippen LogP contribution in [0.5, 0.6) is 0 Å². The summed E-state index contributed by atoms with van der Waals surface area (Å²) in [5.74, 6) is 0.607. The molecule has 0 bridgehead atoms. The van der Waals surface area contributed by atoms with Gasteiger partial charge in [0.15, 0.2) is 0 Å². The Balaban J connectivity index is 1.29. The molecule has 0 spiro atoms. The number of likely N-dealkylation sites (tertiary alicyclic amines) is 1. The maximum absolute atomic E-state index is 14.0. The van der Waals surface area contributed by atoms with Crippen molar-refractivity contribution in [2.75, 3.05) is 37.8 Å². The minimum Gasteiger partial charge on any atom is -0.465 e. The summed E-state index contributed by atoms with van der Waals surface area (Å²) >= 11 is 13.0. The van der Waals surface area contributed by atoms with Gasteiger partial charge in [-0.2, -0.15) is 4.68 Å². The highest BCUT2D eigenvalue weighted by Crippen LogP contribution is 2.43. The number of tetrazole rings is 1. The van der Waals surface area contributed by atoms with Crippen LogP contribution in [0.3, 0.4) is 0 Å². The van der Waals surface area contributed by atoms with E-state index in [9.17, 15) is 23.1 Å². The molecule has 0 radical (unpaired) electrons. The van der Waals surface area contributed by atoms with Crippen molar-refractivity contribution in [3.8, 4) is 16.9 Å². The lowest BCUT2D eigenvalue weighted by molar-refractivity contribution is -0.127. The van der Waals surface area contributed by atoms with Crippen molar-refractivity contribution >= 4 is 57.0 Å². The summed E-state index contributed by atoms with van der Waals surface area (Å²) in [5.41, 5.74) is 2.94. The standard InChI is InChI=1S/C31H33Cl2N9O5S/c1-39(31(44)45)24-7-3-20(4-8-24)28-29(33)36-30(35-28)26-16-22(19-11-13-40(14-12-19)48(2,46)47)17-41(26)27(43)10-5-21-15-23(32)6-9-25(21)42-18-34-37-38-42/h3-10,15,18-19,22,26H,11-14,16-17H2,1-2H3,(H,35,36)(H,44,45)/t22-,26-/m0/s1. The Kier molecular flexibility index (Phi) is 9.56. The molecule has 2 atom stereocenters. The van der Waals surface area contributed by atoms with Crippen molar-refractivity contribution in [3.63, 3.8) is 0 Å². The molecule has 2 saturated heterocycles. The predicted octanol–water partition coefficient (Wildman–Crippen LogP) is 4.75. The van der Waals surface area contributed by atoms with Gasteiger partial charge in [0.2, 0.25) is 15.9 Å². The molecule has 6 rings (SSSR count). The third kappa shape index (κ3) is 7.09. The first kappa shape index (κ1) is 33.6. The number of carbonyl (C=O) groups is 2. The number of hydrogen-bond acceptors (Lipinski definition) is 8. The molecule has 2 aliphatic heterocycles. The fraction of sp³-hybridized carbons (Fsp3) is 0.355. The number of sulfonamides is 1. The summed E-state index contributed by atoms with van der Waals surface area (Å²) < 4.78 is 27.2. The van der Waals surface area contributed by atoms with Crippen LogP contribution >= 0.6 is 23.2 Å². The van der Waals surface area contributed by atoms with E-state index < -0.39 is 22.2 Å². The molecule has 48 heavy (non-hydrogen) atoms. The Labute approximate surface area is 287 Å². The van der Waals surface area contributed by atoms with E-state index >= 15 is 0 Å². The number of nitrogens with one attached hydrogen (secondary N) is 1. The summed E-state index contributed by atoms with van der Waals surface area (Å²) in [4.78, 5) is 36.2. The Bertz CT molecular complexity index is 1940. The largest absolute Gasteiger partial charge is 0.465 e. The van der Waals surface area contributed by atoms with Crippen molar-refractivity contribution in [2.24, 2.45) is 11.8 Å². The lowest BCUT2D eigenvalue weighted by Gasteiger charge is -2.33. The molecule has 2 N–H and O–H groups in total. The third-order valence-electron chi connectivity index (χ3n) is 9.05. The molecular formula is C31H33Cl2N9O5S. The van der Waals surface area contributed by atoms with Crippen LogP contribution in [0.2, 0.25) is 10.2 Å². The van der Waals surface area contributed by atoms with Gasteiger partial charge in [0.1, 0.15) is 23.0 Å². The van der Waals surface area contributed by atoms with Crippen LogP contribution in [0.4, 0.5) is 10.5 Å². The Hall–Kier alpha value is -4.31. The quantitative estimate of drug-likeness (QED) is 0.245. The number of aromatic nitrogens is 6. The lowest BCUT2D eigenvalue weighted by Crippen LogP contribution is -2.40. The average molecular weight is 715 g/mol. The molecular weight excluding hydrogens is 681 g/mol. The minimum atomic E-state index is -3.27. The zero-order valence-electron chi connectivity index (χ0n) is 26.1. The maximum atomic E-state index is 14.0. The molecule has 2 aromatic carbocycles. The van der Waals surface area contributed by atoms with Gasteiger partial charge in [-0.15, -0.1) is 5.10 Å². The second-order valence-corrected chi connectivity index (χ2v) is 14.8. The topological polar surface area (TPSA) is 171 Å².